The Morgan fingerprint density at radius 3 is 2.38 bits per heavy atom. The molecule has 70 valence electrons. The molecule has 0 unspecified atom stereocenters. The molecule has 0 aromatic heterocycles. The maximum absolute atomic E-state index is 10.5. The number of hydrogen-bond donors (Lipinski definition) is 1. The smallest absolute Gasteiger partial charge is 0.335 e. The lowest BCUT2D eigenvalue weighted by atomic mass is 10.1. The third kappa shape index (κ3) is 3.07. The van der Waals surface area contributed by atoms with Crippen LogP contribution in [0, 0.1) is 0 Å². The van der Waals surface area contributed by atoms with Gasteiger partial charge in [0.05, 0.1) is 5.56 Å². The van der Waals surface area contributed by atoms with E-state index in [9.17, 15) is 4.79 Å². The van der Waals surface area contributed by atoms with Crippen LogP contribution in [0.15, 0.2) is 24.3 Å². The first-order valence-electron chi connectivity index (χ1n) is 4.12. The number of halogens is 1. The summed E-state index contributed by atoms with van der Waals surface area (Å²) in [6, 6.07) is 6.89. The van der Waals surface area contributed by atoms with Crippen molar-refractivity contribution in [3.05, 3.63) is 35.4 Å². The molecule has 0 aliphatic heterocycles. The molecule has 13 heavy (non-hydrogen) atoms. The molecular weight excluding hydrogens is 188 g/mol. The third-order valence-electron chi connectivity index (χ3n) is 1.80. The average Bonchev–Trinajstić information content (AvgIpc) is 2.15. The molecule has 0 fully saturated rings. The maximum atomic E-state index is 10.5. The summed E-state index contributed by atoms with van der Waals surface area (Å²) in [5.74, 6) is -0.246. The minimum absolute atomic E-state index is 0.328. The average molecular weight is 199 g/mol. The Morgan fingerprint density at radius 1 is 1.31 bits per heavy atom. The predicted octanol–water partition coefficient (Wildman–Crippen LogP) is 2.56. The van der Waals surface area contributed by atoms with Crippen molar-refractivity contribution in [3.63, 3.8) is 0 Å². The Hall–Kier alpha value is -1.02. The highest BCUT2D eigenvalue weighted by Gasteiger charge is 2.00. The number of aromatic carboxylic acids is 1. The van der Waals surface area contributed by atoms with Crippen LogP contribution in [0.2, 0.25) is 0 Å². The van der Waals surface area contributed by atoms with E-state index in [4.69, 9.17) is 16.7 Å². The van der Waals surface area contributed by atoms with Gasteiger partial charge in [0.1, 0.15) is 0 Å². The zero-order chi connectivity index (χ0) is 9.68. The first-order chi connectivity index (χ1) is 6.24. The fourth-order valence-corrected chi connectivity index (χ4v) is 1.22. The minimum Gasteiger partial charge on any atom is -0.478 e. The summed E-state index contributed by atoms with van der Waals surface area (Å²) < 4.78 is 0. The topological polar surface area (TPSA) is 37.3 Å². The molecule has 0 amide bonds. The van der Waals surface area contributed by atoms with Crippen molar-refractivity contribution >= 4 is 17.6 Å². The van der Waals surface area contributed by atoms with E-state index in [0.717, 1.165) is 18.4 Å². The van der Waals surface area contributed by atoms with Gasteiger partial charge in [-0.1, -0.05) is 12.1 Å². The molecule has 0 heterocycles. The van der Waals surface area contributed by atoms with Crippen LogP contribution in [-0.2, 0) is 6.42 Å². The van der Waals surface area contributed by atoms with Crippen LogP contribution in [0.4, 0.5) is 0 Å². The Bertz CT molecular complexity index is 279. The lowest BCUT2D eigenvalue weighted by molar-refractivity contribution is 0.0697. The van der Waals surface area contributed by atoms with Gasteiger partial charge < -0.3 is 5.11 Å². The van der Waals surface area contributed by atoms with E-state index in [1.54, 1.807) is 12.1 Å². The van der Waals surface area contributed by atoms with Gasteiger partial charge in [0.2, 0.25) is 0 Å². The number of carboxylic acid groups (broad SMARTS) is 1. The van der Waals surface area contributed by atoms with Crippen LogP contribution in [-0.4, -0.2) is 17.0 Å². The molecule has 1 aromatic carbocycles. The molecule has 0 saturated carbocycles. The lowest BCUT2D eigenvalue weighted by Crippen LogP contribution is -1.96. The molecule has 0 atom stereocenters. The van der Waals surface area contributed by atoms with Gasteiger partial charge in [-0.25, -0.2) is 4.79 Å². The molecule has 1 rings (SSSR count). The fraction of sp³-hybridized carbons (Fsp3) is 0.300. The van der Waals surface area contributed by atoms with Crippen LogP contribution in [0.1, 0.15) is 22.3 Å². The maximum Gasteiger partial charge on any atom is 0.335 e. The third-order valence-corrected chi connectivity index (χ3v) is 2.07. The van der Waals surface area contributed by atoms with Crippen LogP contribution < -0.4 is 0 Å². The number of benzene rings is 1. The van der Waals surface area contributed by atoms with Crippen molar-refractivity contribution in [1.82, 2.24) is 0 Å². The Labute approximate surface area is 82.2 Å². The van der Waals surface area contributed by atoms with Gasteiger partial charge in [-0.05, 0) is 30.5 Å². The summed E-state index contributed by atoms with van der Waals surface area (Å²) >= 11 is 5.54. The second kappa shape index (κ2) is 4.87. The Kier molecular flexibility index (Phi) is 3.77. The molecule has 1 aromatic rings. The highest BCUT2D eigenvalue weighted by atomic mass is 35.5. The van der Waals surface area contributed by atoms with Gasteiger partial charge in [-0.3, -0.25) is 0 Å². The number of alkyl halides is 1. The van der Waals surface area contributed by atoms with Crippen LogP contribution in [0.5, 0.6) is 0 Å². The summed E-state index contributed by atoms with van der Waals surface area (Å²) in [5.41, 5.74) is 1.46. The van der Waals surface area contributed by atoms with E-state index in [0.29, 0.717) is 11.4 Å². The van der Waals surface area contributed by atoms with Crippen molar-refractivity contribution in [2.24, 2.45) is 0 Å². The largest absolute Gasteiger partial charge is 0.478 e. The molecule has 3 heteroatoms. The summed E-state index contributed by atoms with van der Waals surface area (Å²) in [6.45, 7) is 0. The Balaban J connectivity index is 2.64. The molecule has 2 nitrogen and oxygen atoms in total. The van der Waals surface area contributed by atoms with Gasteiger partial charge >= 0.3 is 5.97 Å². The zero-order valence-corrected chi connectivity index (χ0v) is 7.92. The van der Waals surface area contributed by atoms with Crippen LogP contribution >= 0.6 is 11.6 Å². The van der Waals surface area contributed by atoms with E-state index in [1.165, 1.54) is 0 Å². The highest BCUT2D eigenvalue weighted by Crippen LogP contribution is 2.07. The second-order valence-corrected chi connectivity index (χ2v) is 3.17. The molecule has 0 radical (unpaired) electrons. The first kappa shape index (κ1) is 10.1. The highest BCUT2D eigenvalue weighted by molar-refractivity contribution is 6.17. The summed E-state index contributed by atoms with van der Waals surface area (Å²) in [5, 5.41) is 8.63. The van der Waals surface area contributed by atoms with Gasteiger partial charge in [0.15, 0.2) is 0 Å². The number of carbonyl (C=O) groups is 1. The quantitative estimate of drug-likeness (QED) is 0.755. The normalized spacial score (nSPS) is 9.92. The molecule has 0 aliphatic carbocycles. The molecule has 0 aliphatic rings. The molecule has 0 saturated heterocycles. The first-order valence-corrected chi connectivity index (χ1v) is 4.65. The number of aryl methyl sites for hydroxylation is 1. The van der Waals surface area contributed by atoms with Crippen molar-refractivity contribution < 1.29 is 9.90 Å². The molecule has 0 spiro atoms. The van der Waals surface area contributed by atoms with E-state index >= 15 is 0 Å². The monoisotopic (exact) mass is 198 g/mol. The van der Waals surface area contributed by atoms with Gasteiger partial charge in [0, 0.05) is 5.88 Å². The van der Waals surface area contributed by atoms with Crippen molar-refractivity contribution in [1.29, 1.82) is 0 Å². The predicted molar refractivity (Wildman–Crippen MR) is 52.4 cm³/mol. The van der Waals surface area contributed by atoms with E-state index in [2.05, 4.69) is 0 Å². The van der Waals surface area contributed by atoms with Gasteiger partial charge in [-0.15, -0.1) is 11.6 Å². The lowest BCUT2D eigenvalue weighted by Gasteiger charge is -1.99. The minimum atomic E-state index is -0.885. The second-order valence-electron chi connectivity index (χ2n) is 2.79. The van der Waals surface area contributed by atoms with Gasteiger partial charge in [-0.2, -0.15) is 0 Å². The van der Waals surface area contributed by atoms with Crippen molar-refractivity contribution in [3.8, 4) is 0 Å². The van der Waals surface area contributed by atoms with E-state index in [-0.39, 0.29) is 0 Å². The summed E-state index contributed by atoms with van der Waals surface area (Å²) in [7, 11) is 0. The van der Waals surface area contributed by atoms with E-state index < -0.39 is 5.97 Å². The molecule has 1 N–H and O–H groups in total. The van der Waals surface area contributed by atoms with Crippen LogP contribution in [0.3, 0.4) is 0 Å². The van der Waals surface area contributed by atoms with Crippen LogP contribution in [0.25, 0.3) is 0 Å². The zero-order valence-electron chi connectivity index (χ0n) is 7.16. The fourth-order valence-electron chi connectivity index (χ4n) is 1.08. The Morgan fingerprint density at radius 2 is 1.92 bits per heavy atom. The van der Waals surface area contributed by atoms with Gasteiger partial charge in [0.25, 0.3) is 0 Å². The summed E-state index contributed by atoms with van der Waals surface area (Å²) in [6.07, 6.45) is 1.83. The van der Waals surface area contributed by atoms with Crippen molar-refractivity contribution in [2.45, 2.75) is 12.8 Å². The molecule has 0 bridgehead atoms. The standard InChI is InChI=1S/C10H11ClO2/c11-7-1-2-8-3-5-9(6-4-8)10(12)13/h3-6H,1-2,7H2,(H,12,13). The molecular formula is C10H11ClO2. The number of hydrogen-bond acceptors (Lipinski definition) is 1. The number of rotatable bonds is 4. The summed E-state index contributed by atoms with van der Waals surface area (Å²) in [4.78, 5) is 10.5. The van der Waals surface area contributed by atoms with Crippen molar-refractivity contribution in [2.75, 3.05) is 5.88 Å². The van der Waals surface area contributed by atoms with E-state index in [1.807, 2.05) is 12.1 Å². The number of carboxylic acids is 1. The SMILES string of the molecule is O=C(O)c1ccc(CCCCl)cc1.